The Morgan fingerprint density at radius 2 is 1.84 bits per heavy atom. The van der Waals surface area contributed by atoms with Crippen molar-refractivity contribution in [3.63, 3.8) is 0 Å². The third-order valence-corrected chi connectivity index (χ3v) is 3.39. The molecule has 2 N–H and O–H groups in total. The summed E-state index contributed by atoms with van der Waals surface area (Å²) in [7, 11) is 0. The van der Waals surface area contributed by atoms with E-state index in [1.54, 1.807) is 24.3 Å². The van der Waals surface area contributed by atoms with Gasteiger partial charge in [0.2, 0.25) is 0 Å². The molecule has 0 bridgehead atoms. The Balaban J connectivity index is 2.30. The molecule has 2 aromatic carbocycles. The van der Waals surface area contributed by atoms with E-state index in [9.17, 15) is 8.78 Å². The summed E-state index contributed by atoms with van der Waals surface area (Å²) in [5.74, 6) is -0.956. The molecule has 100 valence electrons. The molecule has 0 aliphatic heterocycles. The van der Waals surface area contributed by atoms with Gasteiger partial charge in [0.15, 0.2) is 0 Å². The molecule has 2 rings (SSSR count). The van der Waals surface area contributed by atoms with E-state index in [0.29, 0.717) is 17.0 Å². The molecular weight excluding hydrogens is 268 g/mol. The van der Waals surface area contributed by atoms with Crippen molar-refractivity contribution in [2.24, 2.45) is 5.73 Å². The molecule has 1 atom stereocenters. The van der Waals surface area contributed by atoms with Crippen molar-refractivity contribution in [1.29, 1.82) is 0 Å². The van der Waals surface area contributed by atoms with Crippen LogP contribution in [0.25, 0.3) is 0 Å². The van der Waals surface area contributed by atoms with Gasteiger partial charge in [-0.15, -0.1) is 0 Å². The Morgan fingerprint density at radius 1 is 1.11 bits per heavy atom. The van der Waals surface area contributed by atoms with Crippen molar-refractivity contribution in [2.75, 3.05) is 6.54 Å². The van der Waals surface area contributed by atoms with Gasteiger partial charge in [-0.1, -0.05) is 29.8 Å². The fourth-order valence-corrected chi connectivity index (χ4v) is 2.47. The van der Waals surface area contributed by atoms with Crippen molar-refractivity contribution < 1.29 is 8.78 Å². The molecule has 0 fully saturated rings. The van der Waals surface area contributed by atoms with Gasteiger partial charge < -0.3 is 5.73 Å². The van der Waals surface area contributed by atoms with E-state index in [1.165, 1.54) is 18.2 Å². The van der Waals surface area contributed by atoms with E-state index in [1.807, 2.05) is 0 Å². The fraction of sp³-hybridized carbons (Fsp3) is 0.200. The number of benzene rings is 2. The topological polar surface area (TPSA) is 26.0 Å². The SMILES string of the molecule is NCC(Cc1cccc(F)c1)c1c(F)cccc1Cl. The zero-order chi connectivity index (χ0) is 13.8. The Hall–Kier alpha value is -1.45. The lowest BCUT2D eigenvalue weighted by Gasteiger charge is -2.17. The minimum Gasteiger partial charge on any atom is -0.330 e. The van der Waals surface area contributed by atoms with Crippen LogP contribution >= 0.6 is 11.6 Å². The zero-order valence-electron chi connectivity index (χ0n) is 10.2. The van der Waals surface area contributed by atoms with Crippen molar-refractivity contribution >= 4 is 11.6 Å². The molecule has 4 heteroatoms. The molecule has 0 heterocycles. The van der Waals surface area contributed by atoms with Gasteiger partial charge in [0, 0.05) is 16.5 Å². The number of hydrogen-bond donors (Lipinski definition) is 1. The molecule has 0 saturated heterocycles. The first kappa shape index (κ1) is 14.0. The molecule has 0 radical (unpaired) electrons. The minimum atomic E-state index is -0.376. The molecule has 0 aliphatic rings. The van der Waals surface area contributed by atoms with Gasteiger partial charge in [0.05, 0.1) is 0 Å². The van der Waals surface area contributed by atoms with E-state index in [2.05, 4.69) is 0 Å². The van der Waals surface area contributed by atoms with E-state index in [4.69, 9.17) is 17.3 Å². The van der Waals surface area contributed by atoms with Crippen LogP contribution in [0.15, 0.2) is 42.5 Å². The van der Waals surface area contributed by atoms with Gasteiger partial charge in [-0.05, 0) is 42.8 Å². The van der Waals surface area contributed by atoms with E-state index >= 15 is 0 Å². The largest absolute Gasteiger partial charge is 0.330 e. The zero-order valence-corrected chi connectivity index (χ0v) is 11.0. The van der Waals surface area contributed by atoms with Crippen LogP contribution < -0.4 is 5.73 Å². The molecule has 0 amide bonds. The third-order valence-electron chi connectivity index (χ3n) is 3.06. The second kappa shape index (κ2) is 6.13. The minimum absolute atomic E-state index is 0.247. The predicted octanol–water partition coefficient (Wildman–Crippen LogP) is 3.90. The molecule has 0 aliphatic carbocycles. The number of rotatable bonds is 4. The standard InChI is InChI=1S/C15H14ClF2N/c16-13-5-2-6-14(18)15(13)11(9-19)7-10-3-1-4-12(17)8-10/h1-6,8,11H,7,9,19H2. The normalized spacial score (nSPS) is 12.4. The summed E-state index contributed by atoms with van der Waals surface area (Å²) < 4.78 is 27.0. The second-order valence-corrected chi connectivity index (χ2v) is 4.81. The van der Waals surface area contributed by atoms with Crippen molar-refractivity contribution in [3.05, 3.63) is 70.2 Å². The molecule has 19 heavy (non-hydrogen) atoms. The summed E-state index contributed by atoms with van der Waals surface area (Å²) in [6.45, 7) is 0.247. The molecule has 1 unspecified atom stereocenters. The molecule has 0 saturated carbocycles. The molecular formula is C15H14ClF2N. The van der Waals surface area contributed by atoms with Crippen LogP contribution in [0.5, 0.6) is 0 Å². The number of halogens is 3. The highest BCUT2D eigenvalue weighted by atomic mass is 35.5. The maximum atomic E-state index is 13.9. The lowest BCUT2D eigenvalue weighted by Crippen LogP contribution is -2.17. The van der Waals surface area contributed by atoms with Gasteiger partial charge in [-0.2, -0.15) is 0 Å². The fourth-order valence-electron chi connectivity index (χ4n) is 2.15. The van der Waals surface area contributed by atoms with E-state index in [0.717, 1.165) is 5.56 Å². The number of nitrogens with two attached hydrogens (primary N) is 1. The van der Waals surface area contributed by atoms with Crippen LogP contribution in [0.4, 0.5) is 8.78 Å². The summed E-state index contributed by atoms with van der Waals surface area (Å²) >= 11 is 6.03. The Labute approximate surface area is 116 Å². The van der Waals surface area contributed by atoms with E-state index < -0.39 is 0 Å². The van der Waals surface area contributed by atoms with Gasteiger partial charge in [0.25, 0.3) is 0 Å². The average molecular weight is 282 g/mol. The summed E-state index contributed by atoms with van der Waals surface area (Å²) in [5.41, 5.74) is 6.88. The quantitative estimate of drug-likeness (QED) is 0.904. The first-order chi connectivity index (χ1) is 9.11. The number of hydrogen-bond acceptors (Lipinski definition) is 1. The molecule has 0 aromatic heterocycles. The van der Waals surface area contributed by atoms with Gasteiger partial charge >= 0.3 is 0 Å². The van der Waals surface area contributed by atoms with Gasteiger partial charge in [-0.3, -0.25) is 0 Å². The van der Waals surface area contributed by atoms with Crippen LogP contribution in [0, 0.1) is 11.6 Å². The summed E-state index contributed by atoms with van der Waals surface area (Å²) in [6, 6.07) is 10.8. The third kappa shape index (κ3) is 3.31. The molecule has 2 aromatic rings. The first-order valence-corrected chi connectivity index (χ1v) is 6.38. The second-order valence-electron chi connectivity index (χ2n) is 4.40. The average Bonchev–Trinajstić information content (AvgIpc) is 2.37. The lowest BCUT2D eigenvalue weighted by molar-refractivity contribution is 0.574. The van der Waals surface area contributed by atoms with Gasteiger partial charge in [-0.25, -0.2) is 8.78 Å². The summed E-state index contributed by atoms with van der Waals surface area (Å²) in [4.78, 5) is 0. The highest BCUT2D eigenvalue weighted by molar-refractivity contribution is 6.31. The monoisotopic (exact) mass is 281 g/mol. The van der Waals surface area contributed by atoms with Crippen molar-refractivity contribution in [1.82, 2.24) is 0 Å². The van der Waals surface area contributed by atoms with Crippen molar-refractivity contribution in [3.8, 4) is 0 Å². The van der Waals surface area contributed by atoms with Crippen molar-refractivity contribution in [2.45, 2.75) is 12.3 Å². The lowest BCUT2D eigenvalue weighted by atomic mass is 9.91. The summed E-state index contributed by atoms with van der Waals surface area (Å²) in [5, 5.41) is 0.354. The molecule has 0 spiro atoms. The van der Waals surface area contributed by atoms with Crippen LogP contribution in [-0.4, -0.2) is 6.54 Å². The Bertz CT molecular complexity index is 552. The predicted molar refractivity (Wildman–Crippen MR) is 73.3 cm³/mol. The first-order valence-electron chi connectivity index (χ1n) is 6.00. The van der Waals surface area contributed by atoms with E-state index in [-0.39, 0.29) is 24.1 Å². The smallest absolute Gasteiger partial charge is 0.128 e. The van der Waals surface area contributed by atoms with Crippen LogP contribution in [0.1, 0.15) is 17.0 Å². The molecule has 1 nitrogen and oxygen atoms in total. The highest BCUT2D eigenvalue weighted by Gasteiger charge is 2.18. The van der Waals surface area contributed by atoms with Crippen LogP contribution in [0.3, 0.4) is 0 Å². The highest BCUT2D eigenvalue weighted by Crippen LogP contribution is 2.29. The van der Waals surface area contributed by atoms with Gasteiger partial charge in [0.1, 0.15) is 11.6 Å². The Kier molecular flexibility index (Phi) is 4.51. The summed E-state index contributed by atoms with van der Waals surface area (Å²) in [6.07, 6.45) is 0.453. The Morgan fingerprint density at radius 3 is 2.47 bits per heavy atom. The maximum absolute atomic E-state index is 13.9. The van der Waals surface area contributed by atoms with Crippen LogP contribution in [-0.2, 0) is 6.42 Å². The maximum Gasteiger partial charge on any atom is 0.128 e. The van der Waals surface area contributed by atoms with Crippen LogP contribution in [0.2, 0.25) is 5.02 Å².